The van der Waals surface area contributed by atoms with Gasteiger partial charge in [-0.25, -0.2) is 4.98 Å². The lowest BCUT2D eigenvalue weighted by molar-refractivity contribution is -0.155. The number of nitrogens with zero attached hydrogens (tertiary/aromatic N) is 2. The van der Waals surface area contributed by atoms with Gasteiger partial charge in [0.25, 0.3) is 0 Å². The molecule has 0 saturated heterocycles. The minimum absolute atomic E-state index is 0.0631. The average Bonchev–Trinajstić information content (AvgIpc) is 3.24. The lowest BCUT2D eigenvalue weighted by Crippen LogP contribution is -2.45. The Labute approximate surface area is 226 Å². The van der Waals surface area contributed by atoms with E-state index in [0.29, 0.717) is 30.0 Å². The Morgan fingerprint density at radius 3 is 2.55 bits per heavy atom. The molecule has 0 amide bonds. The molecule has 38 heavy (non-hydrogen) atoms. The van der Waals surface area contributed by atoms with E-state index < -0.39 is 35.6 Å². The highest BCUT2D eigenvalue weighted by Crippen LogP contribution is 2.33. The summed E-state index contributed by atoms with van der Waals surface area (Å²) in [6.07, 6.45) is 2.10. The van der Waals surface area contributed by atoms with Crippen molar-refractivity contribution in [3.05, 3.63) is 41.3 Å². The third-order valence-corrected chi connectivity index (χ3v) is 7.80. The highest BCUT2D eigenvalue weighted by Gasteiger charge is 2.42. The first-order valence-corrected chi connectivity index (χ1v) is 13.6. The molecular weight excluding hydrogens is 484 g/mol. The number of cyclic esters (lactones) is 1. The topological polar surface area (TPSA) is 113 Å². The normalized spacial score (nSPS) is 29.7. The van der Waals surface area contributed by atoms with Gasteiger partial charge in [0, 0.05) is 12.3 Å². The van der Waals surface area contributed by atoms with Gasteiger partial charge >= 0.3 is 5.97 Å². The number of allylic oxidation sites excluding steroid dienone is 1. The Kier molecular flexibility index (Phi) is 9.90. The summed E-state index contributed by atoms with van der Waals surface area (Å²) in [5.41, 5.74) is 2.09. The van der Waals surface area contributed by atoms with E-state index in [1.807, 2.05) is 44.1 Å². The van der Waals surface area contributed by atoms with Crippen molar-refractivity contribution in [2.75, 3.05) is 14.1 Å². The molecule has 0 bridgehead atoms. The minimum atomic E-state index is -1.25. The summed E-state index contributed by atoms with van der Waals surface area (Å²) in [5, 5.41) is 21.8. The highest BCUT2D eigenvalue weighted by molar-refractivity contribution is 5.88. The Balaban J connectivity index is 1.91. The number of benzene rings is 1. The average molecular weight is 529 g/mol. The zero-order valence-corrected chi connectivity index (χ0v) is 23.9. The number of carbonyl (C=O) groups is 2. The van der Waals surface area contributed by atoms with Gasteiger partial charge in [0.1, 0.15) is 17.4 Å². The number of hydrogen-bond acceptors (Lipinski definition) is 8. The second-order valence-electron chi connectivity index (χ2n) is 11.8. The quantitative estimate of drug-likeness (QED) is 0.424. The number of ether oxygens (including phenoxy) is 1. The van der Waals surface area contributed by atoms with Crippen molar-refractivity contribution in [1.82, 2.24) is 9.88 Å². The van der Waals surface area contributed by atoms with E-state index in [-0.39, 0.29) is 18.1 Å². The van der Waals surface area contributed by atoms with Crippen LogP contribution in [0.3, 0.4) is 0 Å². The highest BCUT2D eigenvalue weighted by atomic mass is 16.5. The third kappa shape index (κ3) is 7.30. The van der Waals surface area contributed by atoms with Crippen LogP contribution in [0.1, 0.15) is 84.3 Å². The summed E-state index contributed by atoms with van der Waals surface area (Å²) in [4.78, 5) is 32.9. The van der Waals surface area contributed by atoms with Crippen LogP contribution in [0.25, 0.3) is 11.1 Å². The summed E-state index contributed by atoms with van der Waals surface area (Å²) < 4.78 is 11.7. The number of carbonyl (C=O) groups excluding carboxylic acids is 2. The first-order chi connectivity index (χ1) is 17.8. The van der Waals surface area contributed by atoms with Gasteiger partial charge < -0.3 is 24.3 Å². The Morgan fingerprint density at radius 1 is 1.16 bits per heavy atom. The van der Waals surface area contributed by atoms with Gasteiger partial charge in [-0.2, -0.15) is 0 Å². The molecule has 3 rings (SSSR count). The molecule has 1 aromatic carbocycles. The van der Waals surface area contributed by atoms with Gasteiger partial charge in [0.2, 0.25) is 5.89 Å². The van der Waals surface area contributed by atoms with Gasteiger partial charge in [-0.3, -0.25) is 9.59 Å². The van der Waals surface area contributed by atoms with Crippen molar-refractivity contribution < 1.29 is 29.0 Å². The lowest BCUT2D eigenvalue weighted by atomic mass is 9.73. The van der Waals surface area contributed by atoms with Crippen molar-refractivity contribution in [2.24, 2.45) is 17.3 Å². The number of aliphatic hydroxyl groups excluding tert-OH is 2. The summed E-state index contributed by atoms with van der Waals surface area (Å²) >= 11 is 0. The minimum Gasteiger partial charge on any atom is -0.457 e. The van der Waals surface area contributed by atoms with Crippen LogP contribution in [-0.4, -0.2) is 58.2 Å². The largest absolute Gasteiger partial charge is 0.457 e. The first kappa shape index (κ1) is 30.0. The van der Waals surface area contributed by atoms with Crippen molar-refractivity contribution >= 4 is 22.9 Å². The summed E-state index contributed by atoms with van der Waals surface area (Å²) in [5.74, 6) is -0.962. The molecule has 210 valence electrons. The van der Waals surface area contributed by atoms with Crippen LogP contribution in [0.4, 0.5) is 0 Å². The monoisotopic (exact) mass is 528 g/mol. The number of aliphatic hydroxyl groups is 2. The molecule has 0 spiro atoms. The maximum atomic E-state index is 13.3. The number of ketones is 1. The Hall–Kier alpha value is -2.55. The van der Waals surface area contributed by atoms with Crippen molar-refractivity contribution in [3.63, 3.8) is 0 Å². The smallest absolute Gasteiger partial charge is 0.309 e. The van der Waals surface area contributed by atoms with Crippen LogP contribution in [0.2, 0.25) is 0 Å². The van der Waals surface area contributed by atoms with Crippen molar-refractivity contribution in [3.8, 4) is 0 Å². The van der Waals surface area contributed by atoms with Crippen LogP contribution in [0.15, 0.2) is 34.3 Å². The van der Waals surface area contributed by atoms with Gasteiger partial charge in [0.05, 0.1) is 30.6 Å². The molecule has 0 fully saturated rings. The molecular formula is C30H44N2O6. The predicted octanol–water partition coefficient (Wildman–Crippen LogP) is 4.97. The number of aromatic nitrogens is 1. The zero-order valence-electron chi connectivity index (χ0n) is 23.9. The van der Waals surface area contributed by atoms with E-state index in [2.05, 4.69) is 18.0 Å². The lowest BCUT2D eigenvalue weighted by Gasteiger charge is -2.34. The number of hydrogen-bond donors (Lipinski definition) is 2. The first-order valence-electron chi connectivity index (χ1n) is 13.6. The zero-order chi connectivity index (χ0) is 28.2. The molecule has 2 aromatic rings. The molecule has 8 heteroatoms. The van der Waals surface area contributed by atoms with E-state index in [4.69, 9.17) is 9.15 Å². The van der Waals surface area contributed by atoms with E-state index in [9.17, 15) is 19.8 Å². The van der Waals surface area contributed by atoms with Gasteiger partial charge in [-0.1, -0.05) is 45.4 Å². The van der Waals surface area contributed by atoms with E-state index >= 15 is 0 Å². The standard InChI is InChI=1S/C30H44N2O6/c1-18-9-8-10-19(2)28(35)20(3)29(36)30(4,5)25(33)16-27(34)38-23(13-11-18)21-12-14-24-22(15-21)31-26(37-24)17-32(6)7/h11-12,14-15,19-20,23,25,28,33,35H,8-10,13,16-17H2,1-7H3/b18-11-/t19?,20?,23-,25?,28-/m0/s1. The van der Waals surface area contributed by atoms with E-state index in [1.165, 1.54) is 5.57 Å². The molecule has 1 aromatic heterocycles. The fourth-order valence-electron chi connectivity index (χ4n) is 5.09. The van der Waals surface area contributed by atoms with Crippen molar-refractivity contribution in [1.29, 1.82) is 0 Å². The van der Waals surface area contributed by atoms with Gasteiger partial charge in [0.15, 0.2) is 5.58 Å². The summed E-state index contributed by atoms with van der Waals surface area (Å²) in [6.45, 7) is 9.53. The number of oxazole rings is 1. The van der Waals surface area contributed by atoms with E-state index in [0.717, 1.165) is 24.8 Å². The SMILES string of the molecule is C/C1=C/C[C@@H](c2ccc3oc(CN(C)C)nc3c2)OC(=O)CC(O)C(C)(C)C(=O)C(C)[C@@H](O)C(C)CCC1. The third-order valence-electron chi connectivity index (χ3n) is 7.80. The molecule has 0 saturated carbocycles. The molecule has 1 aliphatic rings. The number of Topliss-reactive ketones (excluding diaryl/α,β-unsaturated/α-hetero) is 1. The molecule has 1 aliphatic heterocycles. The summed E-state index contributed by atoms with van der Waals surface area (Å²) in [6, 6.07) is 5.60. The molecule has 3 unspecified atom stereocenters. The molecule has 5 atom stereocenters. The Morgan fingerprint density at radius 2 is 1.87 bits per heavy atom. The van der Waals surface area contributed by atoms with Crippen LogP contribution in [0, 0.1) is 17.3 Å². The fraction of sp³-hybridized carbons (Fsp3) is 0.633. The van der Waals surface area contributed by atoms with Crippen molar-refractivity contribution in [2.45, 2.75) is 91.6 Å². The van der Waals surface area contributed by atoms with Crippen LogP contribution < -0.4 is 0 Å². The fourth-order valence-corrected chi connectivity index (χ4v) is 5.09. The number of esters is 1. The van der Waals surface area contributed by atoms with Crippen LogP contribution >= 0.6 is 0 Å². The molecule has 2 heterocycles. The Bertz CT molecular complexity index is 1150. The number of rotatable bonds is 3. The molecule has 2 N–H and O–H groups in total. The predicted molar refractivity (Wildman–Crippen MR) is 146 cm³/mol. The summed E-state index contributed by atoms with van der Waals surface area (Å²) in [7, 11) is 3.89. The maximum absolute atomic E-state index is 13.3. The second-order valence-corrected chi connectivity index (χ2v) is 11.8. The number of fused-ring (bicyclic) bond motifs is 1. The molecule has 0 radical (unpaired) electrons. The van der Waals surface area contributed by atoms with E-state index in [1.54, 1.807) is 20.8 Å². The maximum Gasteiger partial charge on any atom is 0.309 e. The molecule has 0 aliphatic carbocycles. The van der Waals surface area contributed by atoms with Crippen LogP contribution in [0.5, 0.6) is 0 Å². The van der Waals surface area contributed by atoms with Crippen LogP contribution in [-0.2, 0) is 20.9 Å². The molecule has 8 nitrogen and oxygen atoms in total. The van der Waals surface area contributed by atoms with Gasteiger partial charge in [-0.05, 0) is 63.9 Å². The second kappa shape index (κ2) is 12.5. The van der Waals surface area contributed by atoms with Gasteiger partial charge in [-0.15, -0.1) is 0 Å².